The number of nitrogens with zero attached hydrogens (tertiary/aromatic N) is 2. The van der Waals surface area contributed by atoms with Gasteiger partial charge in [-0.05, 0) is 12.1 Å². The molecule has 4 rings (SSSR count). The molecule has 0 radical (unpaired) electrons. The summed E-state index contributed by atoms with van der Waals surface area (Å²) in [5.74, 6) is -0.522. The van der Waals surface area contributed by atoms with Gasteiger partial charge in [0.1, 0.15) is 6.61 Å². The van der Waals surface area contributed by atoms with E-state index in [0.717, 1.165) is 15.0 Å². The number of esters is 1. The highest BCUT2D eigenvalue weighted by Crippen LogP contribution is 2.35. The van der Waals surface area contributed by atoms with Gasteiger partial charge in [0.15, 0.2) is 4.96 Å². The van der Waals surface area contributed by atoms with Crippen molar-refractivity contribution in [1.29, 1.82) is 0 Å². The Kier molecular flexibility index (Phi) is 4.58. The van der Waals surface area contributed by atoms with Gasteiger partial charge in [-0.2, -0.15) is 0 Å². The highest BCUT2D eigenvalue weighted by Gasteiger charge is 2.09. The minimum Gasteiger partial charge on any atom is -0.456 e. The van der Waals surface area contributed by atoms with Crippen molar-refractivity contribution in [3.05, 3.63) is 73.9 Å². The molecule has 3 heterocycles. The molecule has 26 heavy (non-hydrogen) atoms. The van der Waals surface area contributed by atoms with Crippen molar-refractivity contribution in [2.45, 2.75) is 6.61 Å². The summed E-state index contributed by atoms with van der Waals surface area (Å²) < 4.78 is 7.67. The van der Waals surface area contributed by atoms with Gasteiger partial charge in [-0.3, -0.25) is 9.20 Å². The van der Waals surface area contributed by atoms with Crippen molar-refractivity contribution in [3.63, 3.8) is 0 Å². The van der Waals surface area contributed by atoms with E-state index in [-0.39, 0.29) is 12.2 Å². The molecule has 0 saturated carbocycles. The number of benzene rings is 1. The van der Waals surface area contributed by atoms with Crippen LogP contribution in [0.4, 0.5) is 0 Å². The standard InChI is InChI=1S/C18H11ClN2O3S2/c19-17-12-3-1-2-4-13(12)26-14(17)5-6-16(23)24-10-11-9-15(22)21-7-8-25-18(21)20-11/h1-9H,10H2/b6-5+. The summed E-state index contributed by atoms with van der Waals surface area (Å²) >= 11 is 9.19. The van der Waals surface area contributed by atoms with E-state index in [1.165, 1.54) is 39.2 Å². The normalized spacial score (nSPS) is 11.6. The van der Waals surface area contributed by atoms with Crippen LogP contribution < -0.4 is 5.56 Å². The second kappa shape index (κ2) is 7.03. The maximum Gasteiger partial charge on any atom is 0.331 e. The summed E-state index contributed by atoms with van der Waals surface area (Å²) in [6.45, 7) is -0.0625. The Bertz CT molecular complexity index is 1210. The van der Waals surface area contributed by atoms with Crippen molar-refractivity contribution in [3.8, 4) is 0 Å². The summed E-state index contributed by atoms with van der Waals surface area (Å²) in [7, 11) is 0. The zero-order valence-corrected chi connectivity index (χ0v) is 15.6. The molecule has 0 aliphatic heterocycles. The molecule has 0 aliphatic rings. The Hall–Kier alpha value is -2.48. The molecule has 0 aliphatic carbocycles. The highest BCUT2D eigenvalue weighted by atomic mass is 35.5. The third-order valence-corrected chi connectivity index (χ3v) is 6.06. The first-order chi connectivity index (χ1) is 12.6. The molecule has 3 aromatic heterocycles. The number of thiazole rings is 1. The summed E-state index contributed by atoms with van der Waals surface area (Å²) in [5.41, 5.74) is 0.217. The second-order valence-corrected chi connectivity index (χ2v) is 7.69. The smallest absolute Gasteiger partial charge is 0.331 e. The quantitative estimate of drug-likeness (QED) is 0.375. The Morgan fingerprint density at radius 3 is 3.04 bits per heavy atom. The van der Waals surface area contributed by atoms with Crippen LogP contribution >= 0.6 is 34.3 Å². The van der Waals surface area contributed by atoms with Crippen LogP contribution in [0, 0.1) is 0 Å². The number of carbonyl (C=O) groups is 1. The lowest BCUT2D eigenvalue weighted by molar-refractivity contribution is -0.139. The molecule has 0 unspecified atom stereocenters. The number of carbonyl (C=O) groups excluding carboxylic acids is 1. The average Bonchev–Trinajstić information content (AvgIpc) is 3.24. The molecule has 8 heteroatoms. The van der Waals surface area contributed by atoms with Gasteiger partial charge in [0.05, 0.1) is 10.7 Å². The number of rotatable bonds is 4. The number of thiophene rings is 1. The average molecular weight is 403 g/mol. The van der Waals surface area contributed by atoms with Crippen LogP contribution in [0.3, 0.4) is 0 Å². The zero-order chi connectivity index (χ0) is 18.1. The van der Waals surface area contributed by atoms with Gasteiger partial charge in [0.2, 0.25) is 0 Å². The molecule has 0 saturated heterocycles. The van der Waals surface area contributed by atoms with Crippen LogP contribution in [-0.2, 0) is 16.1 Å². The molecule has 1 aromatic carbocycles. The number of fused-ring (bicyclic) bond motifs is 2. The summed E-state index contributed by atoms with van der Waals surface area (Å²) in [6, 6.07) is 9.14. The van der Waals surface area contributed by atoms with Crippen molar-refractivity contribution >= 4 is 61.4 Å². The van der Waals surface area contributed by atoms with Crippen molar-refractivity contribution in [2.24, 2.45) is 0 Å². The summed E-state index contributed by atoms with van der Waals surface area (Å²) in [5, 5.41) is 3.35. The Balaban J connectivity index is 1.46. The fourth-order valence-corrected chi connectivity index (χ4v) is 4.58. The van der Waals surface area contributed by atoms with Crippen LogP contribution in [0.1, 0.15) is 10.6 Å². The summed E-state index contributed by atoms with van der Waals surface area (Å²) in [6.07, 6.45) is 4.62. The first-order valence-corrected chi connectivity index (χ1v) is 9.67. The molecule has 130 valence electrons. The topological polar surface area (TPSA) is 60.7 Å². The molecule has 0 atom stereocenters. The molecule has 0 spiro atoms. The van der Waals surface area contributed by atoms with Crippen molar-refractivity contribution in [2.75, 3.05) is 0 Å². The van der Waals surface area contributed by atoms with Gasteiger partial charge < -0.3 is 4.74 Å². The van der Waals surface area contributed by atoms with E-state index in [1.807, 2.05) is 24.3 Å². The van der Waals surface area contributed by atoms with E-state index in [4.69, 9.17) is 16.3 Å². The van der Waals surface area contributed by atoms with Crippen LogP contribution in [-0.4, -0.2) is 15.4 Å². The first kappa shape index (κ1) is 17.0. The third kappa shape index (κ3) is 3.29. The van der Waals surface area contributed by atoms with E-state index in [9.17, 15) is 9.59 Å². The Labute approximate surface area is 160 Å². The van der Waals surface area contributed by atoms with Crippen LogP contribution in [0.5, 0.6) is 0 Å². The predicted molar refractivity (Wildman–Crippen MR) is 105 cm³/mol. The molecular weight excluding hydrogens is 392 g/mol. The van der Waals surface area contributed by atoms with E-state index in [2.05, 4.69) is 4.98 Å². The number of hydrogen-bond acceptors (Lipinski definition) is 6. The van der Waals surface area contributed by atoms with Gasteiger partial charge >= 0.3 is 5.97 Å². The van der Waals surface area contributed by atoms with Gasteiger partial charge in [-0.15, -0.1) is 22.7 Å². The number of hydrogen-bond donors (Lipinski definition) is 0. The van der Waals surface area contributed by atoms with Crippen LogP contribution in [0.25, 0.3) is 21.1 Å². The van der Waals surface area contributed by atoms with E-state index in [1.54, 1.807) is 17.7 Å². The molecular formula is C18H11ClN2O3S2. The third-order valence-electron chi connectivity index (χ3n) is 3.65. The van der Waals surface area contributed by atoms with E-state index >= 15 is 0 Å². The van der Waals surface area contributed by atoms with E-state index < -0.39 is 5.97 Å². The maximum absolute atomic E-state index is 12.0. The molecule has 0 bridgehead atoms. The number of ether oxygens (including phenoxy) is 1. The minimum absolute atomic E-state index is 0.0625. The number of halogens is 1. The lowest BCUT2D eigenvalue weighted by Gasteiger charge is -2.01. The fraction of sp³-hybridized carbons (Fsp3) is 0.0556. The Morgan fingerprint density at radius 1 is 1.35 bits per heavy atom. The molecule has 0 fully saturated rings. The largest absolute Gasteiger partial charge is 0.456 e. The fourth-order valence-electron chi connectivity index (χ4n) is 2.44. The molecule has 0 N–H and O–H groups in total. The van der Waals surface area contributed by atoms with E-state index in [0.29, 0.717) is 15.7 Å². The van der Waals surface area contributed by atoms with Crippen LogP contribution in [0.2, 0.25) is 5.02 Å². The van der Waals surface area contributed by atoms with Crippen molar-refractivity contribution in [1.82, 2.24) is 9.38 Å². The highest BCUT2D eigenvalue weighted by molar-refractivity contribution is 7.20. The Morgan fingerprint density at radius 2 is 2.19 bits per heavy atom. The number of aromatic nitrogens is 2. The first-order valence-electron chi connectivity index (χ1n) is 7.59. The minimum atomic E-state index is -0.522. The van der Waals surface area contributed by atoms with Gasteiger partial charge in [-0.1, -0.05) is 29.8 Å². The zero-order valence-electron chi connectivity index (χ0n) is 13.2. The van der Waals surface area contributed by atoms with Crippen molar-refractivity contribution < 1.29 is 9.53 Å². The molecule has 4 aromatic rings. The lowest BCUT2D eigenvalue weighted by Crippen LogP contribution is -2.14. The SMILES string of the molecule is O=C(/C=C/c1sc2ccccc2c1Cl)OCc1cc(=O)n2ccsc2n1. The monoisotopic (exact) mass is 402 g/mol. The molecule has 0 amide bonds. The lowest BCUT2D eigenvalue weighted by atomic mass is 10.2. The van der Waals surface area contributed by atoms with Crippen LogP contribution in [0.15, 0.2) is 52.8 Å². The second-order valence-electron chi connectivity index (χ2n) is 5.36. The van der Waals surface area contributed by atoms with Gasteiger partial charge in [0.25, 0.3) is 5.56 Å². The maximum atomic E-state index is 12.0. The predicted octanol–water partition coefficient (Wildman–Crippen LogP) is 4.38. The van der Waals surface area contributed by atoms with Gasteiger partial charge in [-0.25, -0.2) is 9.78 Å². The summed E-state index contributed by atoms with van der Waals surface area (Å²) in [4.78, 5) is 29.5. The molecule has 5 nitrogen and oxygen atoms in total. The van der Waals surface area contributed by atoms with Gasteiger partial charge in [0, 0.05) is 38.7 Å².